The van der Waals surface area contributed by atoms with Crippen molar-refractivity contribution in [1.82, 2.24) is 4.31 Å². The fourth-order valence-electron chi connectivity index (χ4n) is 1.98. The fraction of sp³-hybridized carbons (Fsp3) is 0.462. The van der Waals surface area contributed by atoms with E-state index in [0.29, 0.717) is 12.5 Å². The summed E-state index contributed by atoms with van der Waals surface area (Å²) in [5, 5.41) is 8.80. The number of halogens is 2. The zero-order valence-electron chi connectivity index (χ0n) is 11.9. The van der Waals surface area contributed by atoms with E-state index >= 15 is 0 Å². The first-order chi connectivity index (χ1) is 9.68. The SMILES string of the molecule is CCC(C)N(CC)S(=O)(=O)c1ccc(F)c(C(=O)O)c1F. The molecule has 5 nitrogen and oxygen atoms in total. The van der Waals surface area contributed by atoms with E-state index in [1.54, 1.807) is 20.8 Å². The number of aromatic carboxylic acids is 1. The molecule has 118 valence electrons. The zero-order valence-corrected chi connectivity index (χ0v) is 12.7. The maximum absolute atomic E-state index is 14.1. The van der Waals surface area contributed by atoms with E-state index in [0.717, 1.165) is 10.4 Å². The van der Waals surface area contributed by atoms with Crippen LogP contribution in [0.1, 0.15) is 37.6 Å². The predicted octanol–water partition coefficient (Wildman–Crippen LogP) is 2.47. The summed E-state index contributed by atoms with van der Waals surface area (Å²) in [6.45, 7) is 5.10. The van der Waals surface area contributed by atoms with Crippen molar-refractivity contribution in [3.63, 3.8) is 0 Å². The van der Waals surface area contributed by atoms with Gasteiger partial charge in [0.1, 0.15) is 16.3 Å². The van der Waals surface area contributed by atoms with Gasteiger partial charge in [-0.05, 0) is 25.5 Å². The van der Waals surface area contributed by atoms with Gasteiger partial charge in [0.2, 0.25) is 10.0 Å². The fourth-order valence-corrected chi connectivity index (χ4v) is 3.76. The third kappa shape index (κ3) is 3.21. The van der Waals surface area contributed by atoms with Crippen LogP contribution in [0.5, 0.6) is 0 Å². The molecule has 8 heteroatoms. The Balaban J connectivity index is 3.52. The van der Waals surface area contributed by atoms with Crippen LogP contribution in [-0.2, 0) is 10.0 Å². The number of carbonyl (C=O) groups is 1. The van der Waals surface area contributed by atoms with Gasteiger partial charge < -0.3 is 5.11 Å². The number of carboxylic acid groups (broad SMARTS) is 1. The number of nitrogens with zero attached hydrogens (tertiary/aromatic N) is 1. The molecule has 0 radical (unpaired) electrons. The molecule has 0 aliphatic heterocycles. The highest BCUT2D eigenvalue weighted by atomic mass is 32.2. The van der Waals surface area contributed by atoms with Gasteiger partial charge in [-0.25, -0.2) is 22.0 Å². The highest BCUT2D eigenvalue weighted by Crippen LogP contribution is 2.25. The summed E-state index contributed by atoms with van der Waals surface area (Å²) in [6.07, 6.45) is 0.502. The molecule has 1 atom stereocenters. The van der Waals surface area contributed by atoms with Crippen LogP contribution in [0.4, 0.5) is 8.78 Å². The molecule has 0 aliphatic rings. The molecule has 0 heterocycles. The standard InChI is InChI=1S/C13H17F2NO4S/c1-4-8(3)16(5-2)21(19,20)10-7-6-9(14)11(12(10)15)13(17)18/h6-8H,4-5H2,1-3H3,(H,17,18). The Morgan fingerprint density at radius 1 is 1.33 bits per heavy atom. The molecule has 1 rings (SSSR count). The van der Waals surface area contributed by atoms with Crippen LogP contribution in [0, 0.1) is 11.6 Å². The summed E-state index contributed by atoms with van der Waals surface area (Å²) in [6, 6.07) is 0.999. The molecule has 0 spiro atoms. The quantitative estimate of drug-likeness (QED) is 0.873. The van der Waals surface area contributed by atoms with Gasteiger partial charge in [-0.2, -0.15) is 4.31 Å². The molecule has 0 fully saturated rings. The average molecular weight is 321 g/mol. The van der Waals surface area contributed by atoms with Crippen LogP contribution >= 0.6 is 0 Å². The van der Waals surface area contributed by atoms with Crippen molar-refractivity contribution >= 4 is 16.0 Å². The van der Waals surface area contributed by atoms with Crippen LogP contribution in [0.15, 0.2) is 17.0 Å². The lowest BCUT2D eigenvalue weighted by atomic mass is 10.2. The molecule has 1 aromatic carbocycles. The first kappa shape index (κ1) is 17.5. The second-order valence-corrected chi connectivity index (χ2v) is 6.36. The molecule has 1 aromatic rings. The first-order valence-electron chi connectivity index (χ1n) is 6.41. The molecule has 1 unspecified atom stereocenters. The number of sulfonamides is 1. The summed E-state index contributed by atoms with van der Waals surface area (Å²) in [5.74, 6) is -4.75. The van der Waals surface area contributed by atoms with Crippen molar-refractivity contribution in [2.24, 2.45) is 0 Å². The lowest BCUT2D eigenvalue weighted by Crippen LogP contribution is -2.38. The summed E-state index contributed by atoms with van der Waals surface area (Å²) >= 11 is 0. The highest BCUT2D eigenvalue weighted by molar-refractivity contribution is 7.89. The second kappa shape index (κ2) is 6.48. The number of hydrogen-bond acceptors (Lipinski definition) is 3. The van der Waals surface area contributed by atoms with Crippen LogP contribution in [0.3, 0.4) is 0 Å². The maximum atomic E-state index is 14.1. The molecule has 0 aliphatic carbocycles. The monoisotopic (exact) mass is 321 g/mol. The Morgan fingerprint density at radius 2 is 1.90 bits per heavy atom. The molecule has 1 N–H and O–H groups in total. The summed E-state index contributed by atoms with van der Waals surface area (Å²) in [7, 11) is -4.24. The maximum Gasteiger partial charge on any atom is 0.341 e. The van der Waals surface area contributed by atoms with Gasteiger partial charge >= 0.3 is 5.97 Å². The van der Waals surface area contributed by atoms with Crippen molar-refractivity contribution in [2.75, 3.05) is 6.54 Å². The van der Waals surface area contributed by atoms with Crippen molar-refractivity contribution in [2.45, 2.75) is 38.1 Å². The minimum absolute atomic E-state index is 0.0938. The van der Waals surface area contributed by atoms with E-state index in [-0.39, 0.29) is 6.54 Å². The van der Waals surface area contributed by atoms with Crippen LogP contribution < -0.4 is 0 Å². The van der Waals surface area contributed by atoms with Crippen LogP contribution in [0.25, 0.3) is 0 Å². The van der Waals surface area contributed by atoms with Crippen LogP contribution in [-0.4, -0.2) is 36.4 Å². The molecular formula is C13H17F2NO4S. The number of carboxylic acids is 1. The van der Waals surface area contributed by atoms with Gasteiger partial charge in [0.25, 0.3) is 0 Å². The van der Waals surface area contributed by atoms with E-state index in [1.807, 2.05) is 0 Å². The van der Waals surface area contributed by atoms with Gasteiger partial charge in [0, 0.05) is 12.6 Å². The van der Waals surface area contributed by atoms with Gasteiger partial charge in [-0.1, -0.05) is 13.8 Å². The summed E-state index contributed by atoms with van der Waals surface area (Å²) < 4.78 is 53.4. The number of hydrogen-bond donors (Lipinski definition) is 1. The molecule has 0 saturated heterocycles. The van der Waals surface area contributed by atoms with Crippen LogP contribution in [0.2, 0.25) is 0 Å². The Hall–Kier alpha value is -1.54. The minimum Gasteiger partial charge on any atom is -0.477 e. The van der Waals surface area contributed by atoms with Gasteiger partial charge in [0.05, 0.1) is 0 Å². The van der Waals surface area contributed by atoms with Gasteiger partial charge in [-0.3, -0.25) is 0 Å². The van der Waals surface area contributed by atoms with Gasteiger partial charge in [-0.15, -0.1) is 0 Å². The van der Waals surface area contributed by atoms with E-state index in [2.05, 4.69) is 0 Å². The smallest absolute Gasteiger partial charge is 0.341 e. The van der Waals surface area contributed by atoms with Crippen molar-refractivity contribution < 1.29 is 27.1 Å². The Kier molecular flexibility index (Phi) is 5.41. The van der Waals surface area contributed by atoms with Crippen molar-refractivity contribution in [3.05, 3.63) is 29.3 Å². The van der Waals surface area contributed by atoms with E-state index in [4.69, 9.17) is 5.11 Å². The summed E-state index contributed by atoms with van der Waals surface area (Å²) in [5.41, 5.74) is -1.27. The third-order valence-corrected chi connectivity index (χ3v) is 5.36. The lowest BCUT2D eigenvalue weighted by Gasteiger charge is -2.26. The molecule has 0 amide bonds. The van der Waals surface area contributed by atoms with E-state index in [1.165, 1.54) is 0 Å². The van der Waals surface area contributed by atoms with E-state index in [9.17, 15) is 22.0 Å². The Morgan fingerprint density at radius 3 is 2.33 bits per heavy atom. The van der Waals surface area contributed by atoms with Crippen molar-refractivity contribution in [1.29, 1.82) is 0 Å². The topological polar surface area (TPSA) is 74.7 Å². The lowest BCUT2D eigenvalue weighted by molar-refractivity contribution is 0.0685. The number of benzene rings is 1. The van der Waals surface area contributed by atoms with E-state index < -0.39 is 44.1 Å². The Bertz CT molecular complexity index is 646. The molecule has 21 heavy (non-hydrogen) atoms. The predicted molar refractivity (Wildman–Crippen MR) is 72.6 cm³/mol. The second-order valence-electron chi connectivity index (χ2n) is 4.51. The molecule has 0 saturated carbocycles. The normalized spacial score (nSPS) is 13.4. The third-order valence-electron chi connectivity index (χ3n) is 3.25. The molecular weight excluding hydrogens is 304 g/mol. The highest BCUT2D eigenvalue weighted by Gasteiger charge is 2.32. The number of rotatable bonds is 6. The zero-order chi connectivity index (χ0) is 16.4. The average Bonchev–Trinajstić information content (AvgIpc) is 2.38. The minimum atomic E-state index is -4.24. The first-order valence-corrected chi connectivity index (χ1v) is 7.85. The Labute approximate surface area is 122 Å². The molecule has 0 aromatic heterocycles. The van der Waals surface area contributed by atoms with Gasteiger partial charge in [0.15, 0.2) is 5.82 Å². The largest absolute Gasteiger partial charge is 0.477 e. The summed E-state index contributed by atoms with van der Waals surface area (Å²) in [4.78, 5) is 10.0. The molecule has 0 bridgehead atoms. The van der Waals surface area contributed by atoms with Crippen molar-refractivity contribution in [3.8, 4) is 0 Å².